The van der Waals surface area contributed by atoms with E-state index in [1.165, 1.54) is 30.3 Å². The Balaban J connectivity index is 1.15. The second-order valence-corrected chi connectivity index (χ2v) is 14.9. The van der Waals surface area contributed by atoms with Crippen LogP contribution in [0.5, 0.6) is 11.5 Å². The zero-order chi connectivity index (χ0) is 33.2. The molecule has 0 saturated carbocycles. The van der Waals surface area contributed by atoms with Gasteiger partial charge < -0.3 is 18.7 Å². The molecule has 0 bridgehead atoms. The lowest BCUT2D eigenvalue weighted by Crippen LogP contribution is -2.46. The molecule has 3 fully saturated rings. The molecular formula is C32H40F3N5O6S. The number of morpholine rings is 1. The summed E-state index contributed by atoms with van der Waals surface area (Å²) >= 11 is 0. The molecule has 6 rings (SSSR count). The molecule has 0 N–H and O–H groups in total. The van der Waals surface area contributed by atoms with E-state index in [2.05, 4.69) is 38.7 Å². The van der Waals surface area contributed by atoms with Crippen LogP contribution in [0.3, 0.4) is 0 Å². The summed E-state index contributed by atoms with van der Waals surface area (Å²) in [6.07, 6.45) is -4.21. The number of hydrogen-bond acceptors (Lipinski definition) is 11. The molecule has 11 nitrogen and oxygen atoms in total. The second-order valence-electron chi connectivity index (χ2n) is 12.9. The smallest absolute Gasteiger partial charge is 0.420 e. The maximum Gasteiger partial charge on any atom is 0.420 e. The minimum absolute atomic E-state index is 0.0152. The van der Waals surface area contributed by atoms with Crippen LogP contribution < -0.4 is 4.74 Å². The van der Waals surface area contributed by atoms with Crippen LogP contribution in [0.15, 0.2) is 51.9 Å². The van der Waals surface area contributed by atoms with Gasteiger partial charge in [-0.05, 0) is 56.5 Å². The van der Waals surface area contributed by atoms with E-state index in [4.69, 9.17) is 18.7 Å². The minimum atomic E-state index is -4.81. The Morgan fingerprint density at radius 2 is 1.79 bits per heavy atom. The summed E-state index contributed by atoms with van der Waals surface area (Å²) in [7, 11) is -3.85. The number of alkyl halides is 3. The van der Waals surface area contributed by atoms with E-state index in [9.17, 15) is 21.6 Å². The zero-order valence-electron chi connectivity index (χ0n) is 26.5. The first kappa shape index (κ1) is 33.8. The summed E-state index contributed by atoms with van der Waals surface area (Å²) in [6.45, 7) is 12.2. The van der Waals surface area contributed by atoms with Crippen LogP contribution in [0.2, 0.25) is 0 Å². The normalized spacial score (nSPS) is 21.4. The molecule has 3 saturated heterocycles. The van der Waals surface area contributed by atoms with Gasteiger partial charge in [-0.2, -0.15) is 18.2 Å². The van der Waals surface area contributed by atoms with Gasteiger partial charge in [0.25, 0.3) is 0 Å². The van der Waals surface area contributed by atoms with Gasteiger partial charge in [0.2, 0.25) is 11.7 Å². The van der Waals surface area contributed by atoms with Crippen molar-refractivity contribution in [3.8, 4) is 22.9 Å². The molecule has 47 heavy (non-hydrogen) atoms. The van der Waals surface area contributed by atoms with Crippen LogP contribution in [0.25, 0.3) is 11.4 Å². The fraction of sp³-hybridized carbons (Fsp3) is 0.562. The molecule has 1 atom stereocenters. The monoisotopic (exact) mass is 679 g/mol. The number of halogens is 3. The number of aromatic nitrogens is 2. The molecule has 256 valence electrons. The molecule has 0 radical (unpaired) electrons. The van der Waals surface area contributed by atoms with Gasteiger partial charge in [0.1, 0.15) is 16.4 Å². The average Bonchev–Trinajstić information content (AvgIpc) is 3.77. The van der Waals surface area contributed by atoms with Gasteiger partial charge >= 0.3 is 6.18 Å². The second kappa shape index (κ2) is 13.8. The Hall–Kier alpha value is -3.08. The van der Waals surface area contributed by atoms with Crippen LogP contribution in [0, 0.1) is 5.92 Å². The fourth-order valence-corrected chi connectivity index (χ4v) is 8.09. The molecule has 3 aliphatic heterocycles. The summed E-state index contributed by atoms with van der Waals surface area (Å²) in [5.41, 5.74) is -1.07. The van der Waals surface area contributed by atoms with Crippen molar-refractivity contribution in [1.29, 1.82) is 0 Å². The van der Waals surface area contributed by atoms with Crippen LogP contribution in [0.4, 0.5) is 13.2 Å². The topological polar surface area (TPSA) is 110 Å². The van der Waals surface area contributed by atoms with E-state index < -0.39 is 27.3 Å². The molecular weight excluding hydrogens is 639 g/mol. The number of ether oxygens (including phenoxy) is 3. The first-order valence-electron chi connectivity index (χ1n) is 15.8. The van der Waals surface area contributed by atoms with Crippen molar-refractivity contribution in [2.24, 2.45) is 5.92 Å². The quantitative estimate of drug-likeness (QED) is 0.285. The number of sulfone groups is 1. The predicted molar refractivity (Wildman–Crippen MR) is 166 cm³/mol. The third-order valence-electron chi connectivity index (χ3n) is 8.88. The van der Waals surface area contributed by atoms with E-state index in [1.807, 2.05) is 0 Å². The summed E-state index contributed by atoms with van der Waals surface area (Å²) in [6, 6.07) is 9.16. The fourth-order valence-electron chi connectivity index (χ4n) is 6.33. The number of hydrogen-bond donors (Lipinski definition) is 0. The molecule has 1 unspecified atom stereocenters. The minimum Gasteiger partial charge on any atom is -0.455 e. The van der Waals surface area contributed by atoms with Crippen LogP contribution >= 0.6 is 0 Å². The van der Waals surface area contributed by atoms with Gasteiger partial charge in [-0.3, -0.25) is 14.7 Å². The van der Waals surface area contributed by atoms with Crippen LogP contribution in [0.1, 0.15) is 31.7 Å². The first-order chi connectivity index (χ1) is 22.4. The Kier molecular flexibility index (Phi) is 9.93. The zero-order valence-corrected chi connectivity index (χ0v) is 27.4. The molecule has 1 aromatic heterocycles. The number of nitrogens with zero attached hydrogens (tertiary/aromatic N) is 5. The molecule has 0 spiro atoms. The van der Waals surface area contributed by atoms with Crippen molar-refractivity contribution < 1.29 is 40.3 Å². The highest BCUT2D eigenvalue weighted by molar-refractivity contribution is 7.91. The molecule has 4 heterocycles. The van der Waals surface area contributed by atoms with Gasteiger partial charge in [-0.25, -0.2) is 8.42 Å². The van der Waals surface area contributed by atoms with Gasteiger partial charge in [0, 0.05) is 50.4 Å². The predicted octanol–water partition coefficient (Wildman–Crippen LogP) is 4.54. The van der Waals surface area contributed by atoms with Gasteiger partial charge in [-0.15, -0.1) is 0 Å². The van der Waals surface area contributed by atoms with Crippen LogP contribution in [-0.2, 0) is 32.0 Å². The van der Waals surface area contributed by atoms with Gasteiger partial charge in [-0.1, -0.05) is 17.3 Å². The van der Waals surface area contributed by atoms with E-state index in [0.717, 1.165) is 58.1 Å². The lowest BCUT2D eigenvalue weighted by Gasteiger charge is -2.33. The summed E-state index contributed by atoms with van der Waals surface area (Å²) in [5, 5.41) is 3.97. The van der Waals surface area contributed by atoms with Crippen molar-refractivity contribution >= 4 is 9.84 Å². The summed E-state index contributed by atoms with van der Waals surface area (Å²) in [5.74, 6) is -0.769. The van der Waals surface area contributed by atoms with Crippen molar-refractivity contribution in [3.63, 3.8) is 0 Å². The molecule has 15 heteroatoms. The van der Waals surface area contributed by atoms with E-state index in [1.54, 1.807) is 0 Å². The molecule has 0 amide bonds. The van der Waals surface area contributed by atoms with Crippen molar-refractivity contribution in [3.05, 3.63) is 53.9 Å². The van der Waals surface area contributed by atoms with Crippen LogP contribution in [-0.4, -0.2) is 110 Å². The molecule has 2 aromatic carbocycles. The highest BCUT2D eigenvalue weighted by Gasteiger charge is 2.38. The summed E-state index contributed by atoms with van der Waals surface area (Å²) < 4.78 is 91.2. The van der Waals surface area contributed by atoms with E-state index >= 15 is 0 Å². The maximum absolute atomic E-state index is 14.3. The van der Waals surface area contributed by atoms with Gasteiger partial charge in [0.05, 0.1) is 44.4 Å². The lowest BCUT2D eigenvalue weighted by molar-refractivity contribution is -0.138. The van der Waals surface area contributed by atoms with E-state index in [-0.39, 0.29) is 39.2 Å². The molecule has 3 aliphatic rings. The lowest BCUT2D eigenvalue weighted by atomic mass is 10.1. The van der Waals surface area contributed by atoms with E-state index in [0.29, 0.717) is 38.7 Å². The average molecular weight is 680 g/mol. The standard InChI is InChI=1S/C32H40F3N5O6S/c1-31(2)21-39(22-40(31)11-10-38-12-15-43-16-13-38)18-29-36-30(37-46-29)24-7-8-26(25(17-24)32(33,34)35)45-27-5-3-4-6-28(27)47(41,42)20-23-9-14-44-19-23/h3-8,17,23H,9-16,18-22H2,1-2H3. The Morgan fingerprint density at radius 3 is 2.53 bits per heavy atom. The molecule has 3 aromatic rings. The number of para-hydroxylation sites is 1. The number of benzene rings is 2. The highest BCUT2D eigenvalue weighted by atomic mass is 32.2. The highest BCUT2D eigenvalue weighted by Crippen LogP contribution is 2.41. The van der Waals surface area contributed by atoms with Gasteiger partial charge in [0.15, 0.2) is 9.84 Å². The Bertz CT molecular complexity index is 1640. The third-order valence-corrected chi connectivity index (χ3v) is 10.8. The number of rotatable bonds is 11. The van der Waals surface area contributed by atoms with Crippen molar-refractivity contribution in [1.82, 2.24) is 24.8 Å². The SMILES string of the molecule is CC1(C)CN(Cc2nc(-c3ccc(Oc4ccccc4S(=O)(=O)CC4CCOC4)c(C(F)(F)F)c3)no2)CN1CCN1CCOCC1. The summed E-state index contributed by atoms with van der Waals surface area (Å²) in [4.78, 5) is 11.2. The first-order valence-corrected chi connectivity index (χ1v) is 17.4. The largest absolute Gasteiger partial charge is 0.455 e. The van der Waals surface area contributed by atoms with Crippen molar-refractivity contribution in [2.75, 3.05) is 71.6 Å². The third kappa shape index (κ3) is 8.15. The Morgan fingerprint density at radius 1 is 1.00 bits per heavy atom. The molecule has 0 aliphatic carbocycles. The van der Waals surface area contributed by atoms with Crippen molar-refractivity contribution in [2.45, 2.75) is 43.4 Å². The Labute approximate surface area is 272 Å². The maximum atomic E-state index is 14.3.